The van der Waals surface area contributed by atoms with Crippen molar-refractivity contribution >= 4 is 0 Å². The van der Waals surface area contributed by atoms with Crippen LogP contribution in [-0.2, 0) is 0 Å². The van der Waals surface area contributed by atoms with E-state index in [2.05, 4.69) is 47.8 Å². The van der Waals surface area contributed by atoms with Gasteiger partial charge in [0, 0.05) is 12.7 Å². The summed E-state index contributed by atoms with van der Waals surface area (Å²) in [7, 11) is 0. The molecule has 0 saturated carbocycles. The Hall–Kier alpha value is -1.61. The van der Waals surface area contributed by atoms with Crippen molar-refractivity contribution in [3.8, 4) is 5.69 Å². The summed E-state index contributed by atoms with van der Waals surface area (Å²) in [6, 6.07) is 8.37. The highest BCUT2D eigenvalue weighted by atomic mass is 15.3. The van der Waals surface area contributed by atoms with Gasteiger partial charge in [0.05, 0.1) is 11.9 Å². The summed E-state index contributed by atoms with van der Waals surface area (Å²) in [5.74, 6) is 0.622. The average molecular weight is 241 g/mol. The molecule has 3 rings (SSSR count). The van der Waals surface area contributed by atoms with Crippen molar-refractivity contribution in [1.82, 2.24) is 15.1 Å². The molecule has 1 aliphatic rings. The second-order valence-corrected chi connectivity index (χ2v) is 5.05. The number of nitrogens with zero attached hydrogens (tertiary/aromatic N) is 2. The van der Waals surface area contributed by atoms with Gasteiger partial charge in [0.15, 0.2) is 0 Å². The molecule has 0 spiro atoms. The maximum Gasteiger partial charge on any atom is 0.0674 e. The van der Waals surface area contributed by atoms with Crippen LogP contribution < -0.4 is 5.32 Å². The number of piperidine rings is 1. The van der Waals surface area contributed by atoms with Crippen molar-refractivity contribution in [2.24, 2.45) is 0 Å². The molecule has 1 aromatic heterocycles. The van der Waals surface area contributed by atoms with Gasteiger partial charge in [-0.1, -0.05) is 18.2 Å². The number of benzene rings is 1. The standard InChI is InChI=1S/C15H19N3/c1-12-5-2-3-7-15(12)18-11-14(10-17-18)13-6-4-8-16-9-13/h2-3,5,7,10-11,13,16H,4,6,8-9H2,1H3. The first kappa shape index (κ1) is 11.5. The van der Waals surface area contributed by atoms with Gasteiger partial charge in [0.2, 0.25) is 0 Å². The Balaban J connectivity index is 1.87. The van der Waals surface area contributed by atoms with Gasteiger partial charge < -0.3 is 5.32 Å². The molecule has 1 unspecified atom stereocenters. The molecule has 18 heavy (non-hydrogen) atoms. The zero-order chi connectivity index (χ0) is 12.4. The average Bonchev–Trinajstić information content (AvgIpc) is 2.90. The fraction of sp³-hybridized carbons (Fsp3) is 0.400. The molecule has 1 atom stereocenters. The topological polar surface area (TPSA) is 29.9 Å². The van der Waals surface area contributed by atoms with E-state index in [1.54, 1.807) is 0 Å². The molecule has 0 bridgehead atoms. The van der Waals surface area contributed by atoms with Crippen LogP contribution in [0.4, 0.5) is 0 Å². The summed E-state index contributed by atoms with van der Waals surface area (Å²) in [5.41, 5.74) is 3.78. The Labute approximate surface area is 108 Å². The van der Waals surface area contributed by atoms with Crippen molar-refractivity contribution in [3.05, 3.63) is 47.8 Å². The molecule has 3 nitrogen and oxygen atoms in total. The third kappa shape index (κ3) is 2.18. The Morgan fingerprint density at radius 3 is 3.00 bits per heavy atom. The van der Waals surface area contributed by atoms with Crippen molar-refractivity contribution in [3.63, 3.8) is 0 Å². The van der Waals surface area contributed by atoms with Crippen LogP contribution in [0.2, 0.25) is 0 Å². The van der Waals surface area contributed by atoms with E-state index < -0.39 is 0 Å². The number of aromatic nitrogens is 2. The lowest BCUT2D eigenvalue weighted by molar-refractivity contribution is 0.461. The molecular weight excluding hydrogens is 222 g/mol. The molecule has 0 radical (unpaired) electrons. The fourth-order valence-corrected chi connectivity index (χ4v) is 2.64. The molecule has 3 heteroatoms. The lowest BCUT2D eigenvalue weighted by atomic mass is 9.94. The Morgan fingerprint density at radius 2 is 2.22 bits per heavy atom. The Kier molecular flexibility index (Phi) is 3.15. The van der Waals surface area contributed by atoms with E-state index >= 15 is 0 Å². The molecule has 94 valence electrons. The van der Waals surface area contributed by atoms with E-state index in [0.717, 1.165) is 13.1 Å². The monoisotopic (exact) mass is 241 g/mol. The molecule has 2 aromatic rings. The van der Waals surface area contributed by atoms with Gasteiger partial charge in [0.1, 0.15) is 0 Å². The molecule has 0 amide bonds. The van der Waals surface area contributed by atoms with Crippen LogP contribution in [0.5, 0.6) is 0 Å². The normalized spacial score (nSPS) is 19.9. The quantitative estimate of drug-likeness (QED) is 0.876. The van der Waals surface area contributed by atoms with E-state index in [1.807, 2.05) is 10.9 Å². The van der Waals surface area contributed by atoms with Gasteiger partial charge in [0.25, 0.3) is 0 Å². The minimum atomic E-state index is 0.622. The summed E-state index contributed by atoms with van der Waals surface area (Å²) in [5, 5.41) is 7.97. The SMILES string of the molecule is Cc1ccccc1-n1cc(C2CCCNC2)cn1. The van der Waals surface area contributed by atoms with Gasteiger partial charge in [-0.2, -0.15) is 5.10 Å². The maximum atomic E-state index is 4.51. The highest BCUT2D eigenvalue weighted by Gasteiger charge is 2.17. The second-order valence-electron chi connectivity index (χ2n) is 5.05. The van der Waals surface area contributed by atoms with Gasteiger partial charge in [-0.15, -0.1) is 0 Å². The zero-order valence-electron chi connectivity index (χ0n) is 10.8. The summed E-state index contributed by atoms with van der Waals surface area (Å²) < 4.78 is 2.00. The summed E-state index contributed by atoms with van der Waals surface area (Å²) in [4.78, 5) is 0. The summed E-state index contributed by atoms with van der Waals surface area (Å²) in [6.45, 7) is 4.36. The van der Waals surface area contributed by atoms with Crippen molar-refractivity contribution in [2.75, 3.05) is 13.1 Å². The lowest BCUT2D eigenvalue weighted by Gasteiger charge is -2.21. The minimum Gasteiger partial charge on any atom is -0.316 e. The molecule has 1 saturated heterocycles. The molecule has 1 aromatic carbocycles. The van der Waals surface area contributed by atoms with E-state index in [0.29, 0.717) is 5.92 Å². The van der Waals surface area contributed by atoms with Crippen LogP contribution in [0.1, 0.15) is 29.9 Å². The Morgan fingerprint density at radius 1 is 1.33 bits per heavy atom. The van der Waals surface area contributed by atoms with Crippen molar-refractivity contribution in [1.29, 1.82) is 0 Å². The van der Waals surface area contributed by atoms with Crippen molar-refractivity contribution < 1.29 is 0 Å². The van der Waals surface area contributed by atoms with Crippen molar-refractivity contribution in [2.45, 2.75) is 25.7 Å². The lowest BCUT2D eigenvalue weighted by Crippen LogP contribution is -2.28. The van der Waals surface area contributed by atoms with Crippen LogP contribution in [0.25, 0.3) is 5.69 Å². The molecular formula is C15H19N3. The zero-order valence-corrected chi connectivity index (χ0v) is 10.8. The van der Waals surface area contributed by atoms with Gasteiger partial charge in [-0.05, 0) is 49.4 Å². The predicted octanol–water partition coefficient (Wildman–Crippen LogP) is 2.65. The van der Waals surface area contributed by atoms with Crippen LogP contribution in [0.3, 0.4) is 0 Å². The van der Waals surface area contributed by atoms with Gasteiger partial charge in [-0.3, -0.25) is 0 Å². The maximum absolute atomic E-state index is 4.51. The largest absolute Gasteiger partial charge is 0.316 e. The third-order valence-electron chi connectivity index (χ3n) is 3.73. The van der Waals surface area contributed by atoms with Crippen LogP contribution in [0, 0.1) is 6.92 Å². The highest BCUT2D eigenvalue weighted by molar-refractivity contribution is 5.39. The van der Waals surface area contributed by atoms with Gasteiger partial charge in [-0.25, -0.2) is 4.68 Å². The molecule has 0 aliphatic carbocycles. The predicted molar refractivity (Wildman–Crippen MR) is 73.1 cm³/mol. The Bertz CT molecular complexity index is 524. The molecule has 2 heterocycles. The summed E-state index contributed by atoms with van der Waals surface area (Å²) >= 11 is 0. The number of para-hydroxylation sites is 1. The fourth-order valence-electron chi connectivity index (χ4n) is 2.64. The molecule has 1 aliphatic heterocycles. The van der Waals surface area contributed by atoms with E-state index in [9.17, 15) is 0 Å². The minimum absolute atomic E-state index is 0.622. The van der Waals surface area contributed by atoms with Crippen LogP contribution in [-0.4, -0.2) is 22.9 Å². The van der Waals surface area contributed by atoms with E-state index in [4.69, 9.17) is 0 Å². The summed E-state index contributed by atoms with van der Waals surface area (Å²) in [6.07, 6.45) is 6.73. The van der Waals surface area contributed by atoms with E-state index in [-0.39, 0.29) is 0 Å². The number of nitrogens with one attached hydrogen (secondary N) is 1. The third-order valence-corrected chi connectivity index (χ3v) is 3.73. The first-order valence-corrected chi connectivity index (χ1v) is 6.66. The first-order chi connectivity index (χ1) is 8.84. The number of rotatable bonds is 2. The number of aryl methyl sites for hydroxylation is 1. The second kappa shape index (κ2) is 4.94. The molecule has 1 N–H and O–H groups in total. The highest BCUT2D eigenvalue weighted by Crippen LogP contribution is 2.24. The van der Waals surface area contributed by atoms with Gasteiger partial charge >= 0.3 is 0 Å². The number of hydrogen-bond donors (Lipinski definition) is 1. The van der Waals surface area contributed by atoms with Crippen LogP contribution >= 0.6 is 0 Å². The first-order valence-electron chi connectivity index (χ1n) is 6.66. The molecule has 1 fully saturated rings. The van der Waals surface area contributed by atoms with Crippen LogP contribution in [0.15, 0.2) is 36.7 Å². The number of hydrogen-bond acceptors (Lipinski definition) is 2. The smallest absolute Gasteiger partial charge is 0.0674 e. The van der Waals surface area contributed by atoms with E-state index in [1.165, 1.54) is 29.7 Å².